The Morgan fingerprint density at radius 2 is 1.57 bits per heavy atom. The van der Waals surface area contributed by atoms with Crippen molar-refractivity contribution in [3.63, 3.8) is 0 Å². The average Bonchev–Trinajstić information content (AvgIpc) is 2.95. The van der Waals surface area contributed by atoms with Gasteiger partial charge in [0.1, 0.15) is 0 Å². The molecule has 0 spiro atoms. The van der Waals surface area contributed by atoms with E-state index in [0.29, 0.717) is 16.7 Å². The van der Waals surface area contributed by atoms with Gasteiger partial charge in [0.2, 0.25) is 5.91 Å². The van der Waals surface area contributed by atoms with Crippen molar-refractivity contribution in [3.05, 3.63) is 81.6 Å². The summed E-state index contributed by atoms with van der Waals surface area (Å²) in [5.74, 6) is -1.12. The minimum atomic E-state index is -0.389. The summed E-state index contributed by atoms with van der Waals surface area (Å²) in [6.07, 6.45) is -0.0308. The van der Waals surface area contributed by atoms with E-state index in [2.05, 4.69) is 10.3 Å². The molecule has 7 nitrogen and oxygen atoms in total. The quantitative estimate of drug-likeness (QED) is 0.665. The van der Waals surface area contributed by atoms with Gasteiger partial charge in [-0.2, -0.15) is 0 Å². The maximum atomic E-state index is 12.3. The number of H-pyrrole nitrogens is 1. The first-order valence-electron chi connectivity index (χ1n) is 8.87. The van der Waals surface area contributed by atoms with Gasteiger partial charge in [-0.1, -0.05) is 30.3 Å². The highest BCUT2D eigenvalue weighted by Gasteiger charge is 2.34. The fourth-order valence-electron chi connectivity index (χ4n) is 3.26. The fraction of sp³-hybridized carbons (Fsp3) is 0.143. The number of pyridine rings is 1. The Balaban J connectivity index is 1.37. The van der Waals surface area contributed by atoms with E-state index in [-0.39, 0.29) is 42.8 Å². The van der Waals surface area contributed by atoms with Gasteiger partial charge >= 0.3 is 0 Å². The van der Waals surface area contributed by atoms with Gasteiger partial charge in [-0.15, -0.1) is 0 Å². The van der Waals surface area contributed by atoms with E-state index >= 15 is 0 Å². The zero-order valence-electron chi connectivity index (χ0n) is 14.9. The van der Waals surface area contributed by atoms with E-state index in [1.54, 1.807) is 36.4 Å². The molecule has 1 aliphatic rings. The molecule has 7 heteroatoms. The molecule has 3 aromatic rings. The molecule has 0 fully saturated rings. The summed E-state index contributed by atoms with van der Waals surface area (Å²) in [6.45, 7) is 0.0629. The Morgan fingerprint density at radius 1 is 0.929 bits per heavy atom. The van der Waals surface area contributed by atoms with Crippen molar-refractivity contribution in [2.75, 3.05) is 6.54 Å². The predicted molar refractivity (Wildman–Crippen MR) is 103 cm³/mol. The number of para-hydroxylation sites is 1. The van der Waals surface area contributed by atoms with E-state index in [1.165, 1.54) is 0 Å². The second kappa shape index (κ2) is 7.11. The lowest BCUT2D eigenvalue weighted by Crippen LogP contribution is -2.35. The minimum Gasteiger partial charge on any atom is -0.352 e. The molecule has 0 saturated carbocycles. The van der Waals surface area contributed by atoms with Crippen molar-refractivity contribution in [2.24, 2.45) is 0 Å². The number of nitrogens with zero attached hydrogens (tertiary/aromatic N) is 1. The monoisotopic (exact) mass is 375 g/mol. The Bertz CT molecular complexity index is 1130. The second-order valence-electron chi connectivity index (χ2n) is 6.55. The van der Waals surface area contributed by atoms with Gasteiger partial charge in [0.05, 0.1) is 11.1 Å². The molecule has 28 heavy (non-hydrogen) atoms. The summed E-state index contributed by atoms with van der Waals surface area (Å²) >= 11 is 0. The Hall–Kier alpha value is -3.74. The van der Waals surface area contributed by atoms with Crippen LogP contribution in [0.15, 0.2) is 59.4 Å². The van der Waals surface area contributed by atoms with Crippen LogP contribution in [0.25, 0.3) is 10.9 Å². The van der Waals surface area contributed by atoms with E-state index in [0.717, 1.165) is 15.8 Å². The van der Waals surface area contributed by atoms with E-state index in [4.69, 9.17) is 0 Å². The van der Waals surface area contributed by atoms with E-state index in [1.807, 2.05) is 18.2 Å². The van der Waals surface area contributed by atoms with Gasteiger partial charge in [0.15, 0.2) is 0 Å². The molecular weight excluding hydrogens is 358 g/mol. The molecule has 0 radical (unpaired) electrons. The maximum Gasteiger partial charge on any atom is 0.261 e. The number of fused-ring (bicyclic) bond motifs is 2. The summed E-state index contributed by atoms with van der Waals surface area (Å²) < 4.78 is 0. The van der Waals surface area contributed by atoms with Crippen LogP contribution in [0.2, 0.25) is 0 Å². The Kier molecular flexibility index (Phi) is 4.49. The van der Waals surface area contributed by atoms with Gasteiger partial charge in [-0.05, 0) is 29.7 Å². The summed E-state index contributed by atoms with van der Waals surface area (Å²) in [5, 5.41) is 3.54. The molecule has 0 unspecified atom stereocenters. The lowest BCUT2D eigenvalue weighted by Gasteiger charge is -2.13. The van der Waals surface area contributed by atoms with Crippen LogP contribution >= 0.6 is 0 Å². The van der Waals surface area contributed by atoms with Crippen molar-refractivity contribution >= 4 is 28.6 Å². The lowest BCUT2D eigenvalue weighted by molar-refractivity contribution is -0.121. The maximum absolute atomic E-state index is 12.3. The van der Waals surface area contributed by atoms with Gasteiger partial charge in [0.25, 0.3) is 17.4 Å². The highest BCUT2D eigenvalue weighted by Crippen LogP contribution is 2.22. The Morgan fingerprint density at radius 3 is 2.29 bits per heavy atom. The third-order valence-corrected chi connectivity index (χ3v) is 4.75. The Labute approximate surface area is 160 Å². The van der Waals surface area contributed by atoms with Crippen LogP contribution in [0.4, 0.5) is 0 Å². The van der Waals surface area contributed by atoms with Crippen molar-refractivity contribution in [1.82, 2.24) is 15.2 Å². The molecule has 4 rings (SSSR count). The van der Waals surface area contributed by atoms with Crippen LogP contribution in [0.5, 0.6) is 0 Å². The number of aromatic amines is 1. The van der Waals surface area contributed by atoms with E-state index in [9.17, 15) is 19.2 Å². The molecule has 0 bridgehead atoms. The molecule has 0 aliphatic carbocycles. The molecule has 2 aromatic carbocycles. The van der Waals surface area contributed by atoms with E-state index < -0.39 is 0 Å². The topological polar surface area (TPSA) is 99.3 Å². The fourth-order valence-corrected chi connectivity index (χ4v) is 3.26. The average molecular weight is 375 g/mol. The van der Waals surface area contributed by atoms with Crippen LogP contribution in [-0.2, 0) is 11.3 Å². The molecule has 2 heterocycles. The number of benzene rings is 2. The summed E-state index contributed by atoms with van der Waals surface area (Å²) in [7, 11) is 0. The van der Waals surface area contributed by atoms with Gasteiger partial charge < -0.3 is 10.3 Å². The highest BCUT2D eigenvalue weighted by atomic mass is 16.2. The van der Waals surface area contributed by atoms with Crippen molar-refractivity contribution in [2.45, 2.75) is 13.0 Å². The minimum absolute atomic E-state index is 0.00768. The molecule has 3 amide bonds. The van der Waals surface area contributed by atoms with Gasteiger partial charge in [-0.25, -0.2) is 0 Å². The lowest BCUT2D eigenvalue weighted by atomic mass is 10.1. The molecule has 2 N–H and O–H groups in total. The second-order valence-corrected chi connectivity index (χ2v) is 6.55. The van der Waals surface area contributed by atoms with Crippen molar-refractivity contribution in [3.8, 4) is 0 Å². The number of carbonyl (C=O) groups is 3. The SMILES string of the molecule is O=C(CCN1C(=O)c2ccccc2C1=O)NCc1cc2ccccc2[nH]c1=O. The van der Waals surface area contributed by atoms with Crippen LogP contribution in [0, 0.1) is 0 Å². The standard InChI is InChI=1S/C21H17N3O4/c25-18(9-10-24-20(27)15-6-2-3-7-16(15)21(24)28)22-12-14-11-13-5-1-4-8-17(13)23-19(14)26/h1-8,11H,9-10,12H2,(H,22,25)(H,23,26). The van der Waals surface area contributed by atoms with Crippen LogP contribution in [0.3, 0.4) is 0 Å². The highest BCUT2D eigenvalue weighted by molar-refractivity contribution is 6.21. The van der Waals surface area contributed by atoms with Gasteiger partial charge in [0, 0.05) is 30.6 Å². The number of nitrogens with one attached hydrogen (secondary N) is 2. The largest absolute Gasteiger partial charge is 0.352 e. The van der Waals surface area contributed by atoms with Gasteiger partial charge in [-0.3, -0.25) is 24.1 Å². The molecule has 0 atom stereocenters. The number of carbonyl (C=O) groups excluding carboxylic acids is 3. The molecule has 140 valence electrons. The van der Waals surface area contributed by atoms with Crippen molar-refractivity contribution < 1.29 is 14.4 Å². The number of hydrogen-bond acceptors (Lipinski definition) is 4. The molecule has 0 saturated heterocycles. The third kappa shape index (κ3) is 3.18. The van der Waals surface area contributed by atoms with Crippen molar-refractivity contribution in [1.29, 1.82) is 0 Å². The summed E-state index contributed by atoms with van der Waals surface area (Å²) in [6, 6.07) is 15.7. The summed E-state index contributed by atoms with van der Waals surface area (Å²) in [5.41, 5.74) is 1.62. The number of imide groups is 1. The first kappa shape index (κ1) is 17.7. The molecule has 1 aromatic heterocycles. The third-order valence-electron chi connectivity index (χ3n) is 4.75. The first-order chi connectivity index (χ1) is 13.5. The normalized spacial score (nSPS) is 13.1. The number of aromatic nitrogens is 1. The number of rotatable bonds is 5. The first-order valence-corrected chi connectivity index (χ1v) is 8.87. The van der Waals surface area contributed by atoms with Crippen LogP contribution in [-0.4, -0.2) is 34.2 Å². The van der Waals surface area contributed by atoms with Crippen LogP contribution in [0.1, 0.15) is 32.7 Å². The molecular formula is C21H17N3O4. The smallest absolute Gasteiger partial charge is 0.261 e. The number of amides is 3. The van der Waals surface area contributed by atoms with Crippen LogP contribution < -0.4 is 10.9 Å². The zero-order valence-corrected chi connectivity index (χ0v) is 14.9. The molecule has 1 aliphatic heterocycles. The summed E-state index contributed by atoms with van der Waals surface area (Å²) in [4.78, 5) is 52.7. The zero-order chi connectivity index (χ0) is 19.7. The predicted octanol–water partition coefficient (Wildman–Crippen LogP) is 1.83. The number of hydrogen-bond donors (Lipinski definition) is 2.